The van der Waals surface area contributed by atoms with Crippen LogP contribution in [0.3, 0.4) is 0 Å². The molecule has 0 aliphatic rings. The Hall–Kier alpha value is -1.06. The Bertz CT molecular complexity index is 358. The Labute approximate surface area is 124 Å². The van der Waals surface area contributed by atoms with E-state index in [0.29, 0.717) is 6.04 Å². The number of rotatable bonds is 9. The standard InChI is InChI=1S/C17H30N2O/c1-6-15(7-2)17(19(3)4)13-18-12-14-8-10-16(20-5)11-9-14/h8-11,15,17-18H,6-7,12-13H2,1-5H3. The van der Waals surface area contributed by atoms with Crippen molar-refractivity contribution in [3.8, 4) is 5.75 Å². The number of methoxy groups -OCH3 is 1. The van der Waals surface area contributed by atoms with Gasteiger partial charge in [0, 0.05) is 19.1 Å². The Morgan fingerprint density at radius 2 is 1.70 bits per heavy atom. The van der Waals surface area contributed by atoms with Crippen LogP contribution in [-0.2, 0) is 6.54 Å². The van der Waals surface area contributed by atoms with Crippen LogP contribution in [-0.4, -0.2) is 38.7 Å². The number of ether oxygens (including phenoxy) is 1. The number of nitrogens with zero attached hydrogens (tertiary/aromatic N) is 1. The highest BCUT2D eigenvalue weighted by Crippen LogP contribution is 2.16. The Morgan fingerprint density at radius 3 is 2.15 bits per heavy atom. The van der Waals surface area contributed by atoms with Crippen LogP contribution in [0.2, 0.25) is 0 Å². The number of nitrogens with one attached hydrogen (secondary N) is 1. The summed E-state index contributed by atoms with van der Waals surface area (Å²) in [5, 5.41) is 3.59. The SMILES string of the molecule is CCC(CC)C(CNCc1ccc(OC)cc1)N(C)C. The van der Waals surface area contributed by atoms with Crippen molar-refractivity contribution in [2.75, 3.05) is 27.7 Å². The molecule has 3 heteroatoms. The van der Waals surface area contributed by atoms with Crippen molar-refractivity contribution >= 4 is 0 Å². The quantitative estimate of drug-likeness (QED) is 0.751. The van der Waals surface area contributed by atoms with E-state index in [1.165, 1.54) is 18.4 Å². The normalized spacial score (nSPS) is 12.9. The summed E-state index contributed by atoms with van der Waals surface area (Å²) >= 11 is 0. The lowest BCUT2D eigenvalue weighted by Gasteiger charge is -2.31. The van der Waals surface area contributed by atoms with Gasteiger partial charge in [0.1, 0.15) is 5.75 Å². The minimum Gasteiger partial charge on any atom is -0.497 e. The predicted molar refractivity (Wildman–Crippen MR) is 86.2 cm³/mol. The molecular weight excluding hydrogens is 248 g/mol. The lowest BCUT2D eigenvalue weighted by Crippen LogP contribution is -2.42. The molecule has 0 radical (unpaired) electrons. The smallest absolute Gasteiger partial charge is 0.118 e. The second kappa shape index (κ2) is 8.98. The summed E-state index contributed by atoms with van der Waals surface area (Å²) in [4.78, 5) is 2.35. The number of hydrogen-bond donors (Lipinski definition) is 1. The molecule has 1 aromatic carbocycles. The molecule has 0 aliphatic heterocycles. The third-order valence-electron chi connectivity index (χ3n) is 4.10. The zero-order chi connectivity index (χ0) is 15.0. The molecule has 1 N–H and O–H groups in total. The van der Waals surface area contributed by atoms with Crippen LogP contribution in [0.25, 0.3) is 0 Å². The second-order valence-electron chi connectivity index (χ2n) is 5.59. The van der Waals surface area contributed by atoms with E-state index < -0.39 is 0 Å². The molecule has 0 spiro atoms. The van der Waals surface area contributed by atoms with Crippen LogP contribution >= 0.6 is 0 Å². The molecule has 0 amide bonds. The van der Waals surface area contributed by atoms with Gasteiger partial charge in [0.25, 0.3) is 0 Å². The van der Waals surface area contributed by atoms with Crippen molar-refractivity contribution in [2.45, 2.75) is 39.3 Å². The van der Waals surface area contributed by atoms with Crippen molar-refractivity contribution < 1.29 is 4.74 Å². The first-order valence-electron chi connectivity index (χ1n) is 7.62. The predicted octanol–water partition coefficient (Wildman–Crippen LogP) is 3.15. The summed E-state index contributed by atoms with van der Waals surface area (Å²) in [5.74, 6) is 1.67. The molecule has 0 saturated carbocycles. The van der Waals surface area contributed by atoms with E-state index in [0.717, 1.165) is 24.8 Å². The van der Waals surface area contributed by atoms with Gasteiger partial charge in [0.05, 0.1) is 7.11 Å². The average molecular weight is 278 g/mol. The minimum absolute atomic E-state index is 0.600. The highest BCUT2D eigenvalue weighted by Gasteiger charge is 2.19. The summed E-state index contributed by atoms with van der Waals surface area (Å²) in [6.07, 6.45) is 2.48. The maximum absolute atomic E-state index is 5.18. The molecule has 1 rings (SSSR count). The number of likely N-dealkylation sites (N-methyl/N-ethyl adjacent to an activating group) is 1. The van der Waals surface area contributed by atoms with Crippen LogP contribution in [0.4, 0.5) is 0 Å². The molecule has 0 fully saturated rings. The van der Waals surface area contributed by atoms with Gasteiger partial charge in [-0.3, -0.25) is 0 Å². The Morgan fingerprint density at radius 1 is 1.10 bits per heavy atom. The lowest BCUT2D eigenvalue weighted by molar-refractivity contribution is 0.194. The van der Waals surface area contributed by atoms with Crippen LogP contribution < -0.4 is 10.1 Å². The van der Waals surface area contributed by atoms with Crippen LogP contribution in [0.1, 0.15) is 32.3 Å². The molecule has 0 saturated heterocycles. The van der Waals surface area contributed by atoms with Gasteiger partial charge in [-0.05, 0) is 37.7 Å². The minimum atomic E-state index is 0.600. The van der Waals surface area contributed by atoms with E-state index in [-0.39, 0.29) is 0 Å². The molecule has 0 heterocycles. The zero-order valence-corrected chi connectivity index (χ0v) is 13.6. The Balaban J connectivity index is 2.47. The van der Waals surface area contributed by atoms with Gasteiger partial charge in [-0.1, -0.05) is 38.8 Å². The second-order valence-corrected chi connectivity index (χ2v) is 5.59. The number of benzene rings is 1. The van der Waals surface area contributed by atoms with Crippen molar-refractivity contribution in [3.05, 3.63) is 29.8 Å². The fourth-order valence-corrected chi connectivity index (χ4v) is 2.71. The topological polar surface area (TPSA) is 24.5 Å². The summed E-state index contributed by atoms with van der Waals surface area (Å²) in [7, 11) is 6.06. The number of hydrogen-bond acceptors (Lipinski definition) is 3. The molecule has 3 nitrogen and oxygen atoms in total. The zero-order valence-electron chi connectivity index (χ0n) is 13.6. The van der Waals surface area contributed by atoms with Crippen molar-refractivity contribution in [1.29, 1.82) is 0 Å². The van der Waals surface area contributed by atoms with E-state index in [1.807, 2.05) is 12.1 Å². The maximum atomic E-state index is 5.18. The molecule has 1 atom stereocenters. The third kappa shape index (κ3) is 5.14. The molecule has 0 aliphatic carbocycles. The molecule has 1 aromatic rings. The summed E-state index contributed by atoms with van der Waals surface area (Å²) < 4.78 is 5.18. The van der Waals surface area contributed by atoms with Gasteiger partial charge < -0.3 is 15.0 Å². The fraction of sp³-hybridized carbons (Fsp3) is 0.647. The van der Waals surface area contributed by atoms with Gasteiger partial charge in [-0.25, -0.2) is 0 Å². The molecule has 114 valence electrons. The van der Waals surface area contributed by atoms with Gasteiger partial charge in [0.15, 0.2) is 0 Å². The largest absolute Gasteiger partial charge is 0.497 e. The van der Waals surface area contributed by atoms with Gasteiger partial charge in [-0.15, -0.1) is 0 Å². The monoisotopic (exact) mass is 278 g/mol. The first kappa shape index (κ1) is 17.0. The van der Waals surface area contributed by atoms with E-state index in [2.05, 4.69) is 50.3 Å². The molecule has 0 aromatic heterocycles. The first-order chi connectivity index (χ1) is 9.62. The van der Waals surface area contributed by atoms with Crippen molar-refractivity contribution in [1.82, 2.24) is 10.2 Å². The summed E-state index contributed by atoms with van der Waals surface area (Å²) in [6, 6.07) is 8.87. The summed E-state index contributed by atoms with van der Waals surface area (Å²) in [6.45, 7) is 6.52. The van der Waals surface area contributed by atoms with Gasteiger partial charge in [-0.2, -0.15) is 0 Å². The molecular formula is C17H30N2O. The van der Waals surface area contributed by atoms with Crippen LogP contribution in [0.15, 0.2) is 24.3 Å². The fourth-order valence-electron chi connectivity index (χ4n) is 2.71. The Kier molecular flexibility index (Phi) is 7.63. The summed E-state index contributed by atoms with van der Waals surface area (Å²) in [5.41, 5.74) is 1.30. The van der Waals surface area contributed by atoms with Gasteiger partial charge in [0.2, 0.25) is 0 Å². The molecule has 0 bridgehead atoms. The molecule has 20 heavy (non-hydrogen) atoms. The van der Waals surface area contributed by atoms with E-state index in [1.54, 1.807) is 7.11 Å². The first-order valence-corrected chi connectivity index (χ1v) is 7.62. The van der Waals surface area contributed by atoms with E-state index in [4.69, 9.17) is 4.74 Å². The van der Waals surface area contributed by atoms with Crippen molar-refractivity contribution in [3.63, 3.8) is 0 Å². The molecule has 1 unspecified atom stereocenters. The highest BCUT2D eigenvalue weighted by atomic mass is 16.5. The van der Waals surface area contributed by atoms with E-state index in [9.17, 15) is 0 Å². The lowest BCUT2D eigenvalue weighted by atomic mass is 9.93. The van der Waals surface area contributed by atoms with Crippen molar-refractivity contribution in [2.24, 2.45) is 5.92 Å². The highest BCUT2D eigenvalue weighted by molar-refractivity contribution is 5.26. The maximum Gasteiger partial charge on any atom is 0.118 e. The average Bonchev–Trinajstić information content (AvgIpc) is 2.47. The van der Waals surface area contributed by atoms with Gasteiger partial charge >= 0.3 is 0 Å². The third-order valence-corrected chi connectivity index (χ3v) is 4.10. The van der Waals surface area contributed by atoms with Crippen LogP contribution in [0.5, 0.6) is 5.75 Å². The van der Waals surface area contributed by atoms with Crippen LogP contribution in [0, 0.1) is 5.92 Å². The van der Waals surface area contributed by atoms with E-state index >= 15 is 0 Å².